The molecule has 1 aromatic carbocycles. The summed E-state index contributed by atoms with van der Waals surface area (Å²) in [6.07, 6.45) is 7.43. The van der Waals surface area contributed by atoms with Crippen molar-refractivity contribution in [3.63, 3.8) is 0 Å². The fraction of sp³-hybridized carbons (Fsp3) is 0.238. The summed E-state index contributed by atoms with van der Waals surface area (Å²) in [5.74, 6) is -0.960. The van der Waals surface area contributed by atoms with Gasteiger partial charge in [-0.25, -0.2) is 0 Å². The zero-order valence-corrected chi connectivity index (χ0v) is 14.1. The van der Waals surface area contributed by atoms with Crippen LogP contribution in [0.4, 0.5) is 0 Å². The monoisotopic (exact) mass is 336 g/mol. The molecular formula is C21H20O4. The fourth-order valence-electron chi connectivity index (χ4n) is 3.12. The topological polar surface area (TPSA) is 56.5 Å². The number of carbonyl (C=O) groups is 2. The average Bonchev–Trinajstić information content (AvgIpc) is 3.14. The predicted octanol–water partition coefficient (Wildman–Crippen LogP) is 4.16. The first kappa shape index (κ1) is 17.0. The van der Waals surface area contributed by atoms with Crippen molar-refractivity contribution in [2.45, 2.75) is 19.3 Å². The molecule has 0 spiro atoms. The second kappa shape index (κ2) is 7.79. The quantitative estimate of drug-likeness (QED) is 0.608. The molecule has 0 amide bonds. The molecule has 128 valence electrons. The fourth-order valence-corrected chi connectivity index (χ4v) is 3.12. The zero-order valence-electron chi connectivity index (χ0n) is 14.1. The lowest BCUT2D eigenvalue weighted by Crippen LogP contribution is -2.34. The zero-order chi connectivity index (χ0) is 17.6. The van der Waals surface area contributed by atoms with Crippen LogP contribution >= 0.6 is 0 Å². The molecule has 0 fully saturated rings. The van der Waals surface area contributed by atoms with E-state index in [9.17, 15) is 9.59 Å². The highest BCUT2D eigenvalue weighted by Gasteiger charge is 2.38. The molecule has 3 rings (SSSR count). The third-order valence-electron chi connectivity index (χ3n) is 4.27. The largest absolute Gasteiger partial charge is 0.465 e. The van der Waals surface area contributed by atoms with Gasteiger partial charge in [0, 0.05) is 5.92 Å². The molecule has 1 heterocycles. The number of furan rings is 1. The predicted molar refractivity (Wildman–Crippen MR) is 94.8 cm³/mol. The molecule has 0 saturated carbocycles. The third-order valence-corrected chi connectivity index (χ3v) is 4.27. The van der Waals surface area contributed by atoms with Gasteiger partial charge in [-0.1, -0.05) is 36.4 Å². The van der Waals surface area contributed by atoms with E-state index < -0.39 is 11.9 Å². The van der Waals surface area contributed by atoms with E-state index in [0.29, 0.717) is 6.42 Å². The van der Waals surface area contributed by atoms with Crippen molar-refractivity contribution in [1.82, 2.24) is 0 Å². The highest BCUT2D eigenvalue weighted by Crippen LogP contribution is 2.37. The SMILES string of the molecule is CCOC(=O)[C@@H]1C(=O)C=C(C=Cc2ccco2)C[C@@H]1c1ccccc1. The summed E-state index contributed by atoms with van der Waals surface area (Å²) in [4.78, 5) is 25.0. The van der Waals surface area contributed by atoms with Crippen molar-refractivity contribution in [2.24, 2.45) is 5.92 Å². The Hall–Kier alpha value is -2.88. The Morgan fingerprint density at radius 3 is 2.68 bits per heavy atom. The molecule has 1 aliphatic rings. The molecule has 1 aliphatic carbocycles. The van der Waals surface area contributed by atoms with Gasteiger partial charge in [-0.05, 0) is 48.8 Å². The van der Waals surface area contributed by atoms with Gasteiger partial charge in [-0.2, -0.15) is 0 Å². The number of rotatable bonds is 5. The minimum atomic E-state index is -0.789. The van der Waals surface area contributed by atoms with Gasteiger partial charge in [0.2, 0.25) is 0 Å². The van der Waals surface area contributed by atoms with Gasteiger partial charge >= 0.3 is 5.97 Å². The molecule has 4 nitrogen and oxygen atoms in total. The number of hydrogen-bond donors (Lipinski definition) is 0. The maximum Gasteiger partial charge on any atom is 0.317 e. The van der Waals surface area contributed by atoms with Crippen LogP contribution < -0.4 is 0 Å². The van der Waals surface area contributed by atoms with Gasteiger partial charge in [0.15, 0.2) is 5.78 Å². The van der Waals surface area contributed by atoms with Crippen LogP contribution in [-0.2, 0) is 14.3 Å². The molecule has 0 N–H and O–H groups in total. The van der Waals surface area contributed by atoms with Gasteiger partial charge in [0.25, 0.3) is 0 Å². The molecule has 25 heavy (non-hydrogen) atoms. The summed E-state index contributed by atoms with van der Waals surface area (Å²) in [7, 11) is 0. The highest BCUT2D eigenvalue weighted by atomic mass is 16.5. The maximum absolute atomic E-state index is 12.6. The van der Waals surface area contributed by atoms with Crippen molar-refractivity contribution >= 4 is 17.8 Å². The van der Waals surface area contributed by atoms with Crippen LogP contribution in [-0.4, -0.2) is 18.4 Å². The van der Waals surface area contributed by atoms with Crippen molar-refractivity contribution in [1.29, 1.82) is 0 Å². The standard InChI is InChI=1S/C21H20O4/c1-2-24-21(23)20-18(16-7-4-3-5-8-16)13-15(14-19(20)22)10-11-17-9-6-12-25-17/h3-12,14,18,20H,2,13H2,1H3/t18-,20+/m1/s1. The molecule has 2 aromatic rings. The van der Waals surface area contributed by atoms with Gasteiger partial charge in [0.05, 0.1) is 12.9 Å². The van der Waals surface area contributed by atoms with E-state index in [4.69, 9.17) is 9.15 Å². The minimum Gasteiger partial charge on any atom is -0.465 e. The van der Waals surface area contributed by atoms with Crippen LogP contribution in [0.1, 0.15) is 30.6 Å². The number of allylic oxidation sites excluding steroid dienone is 3. The van der Waals surface area contributed by atoms with Crippen LogP contribution in [0.2, 0.25) is 0 Å². The van der Waals surface area contributed by atoms with Gasteiger partial charge in [-0.15, -0.1) is 0 Å². The Bertz CT molecular complexity index is 785. The smallest absolute Gasteiger partial charge is 0.317 e. The molecule has 0 unspecified atom stereocenters. The molecule has 1 aromatic heterocycles. The summed E-state index contributed by atoms with van der Waals surface area (Å²) in [5.41, 5.74) is 1.83. The van der Waals surface area contributed by atoms with Gasteiger partial charge in [-0.3, -0.25) is 9.59 Å². The lowest BCUT2D eigenvalue weighted by molar-refractivity contribution is -0.151. The number of carbonyl (C=O) groups excluding carboxylic acids is 2. The van der Waals surface area contributed by atoms with Crippen molar-refractivity contribution in [3.05, 3.63) is 77.8 Å². The Morgan fingerprint density at radius 2 is 2.00 bits per heavy atom. The Kier molecular flexibility index (Phi) is 5.29. The Morgan fingerprint density at radius 1 is 1.20 bits per heavy atom. The molecule has 0 aliphatic heterocycles. The van der Waals surface area contributed by atoms with E-state index in [2.05, 4.69) is 0 Å². The molecular weight excluding hydrogens is 316 g/mol. The number of esters is 1. The van der Waals surface area contributed by atoms with E-state index in [0.717, 1.165) is 16.9 Å². The summed E-state index contributed by atoms with van der Waals surface area (Å²) < 4.78 is 10.4. The Labute approximate surface area is 146 Å². The first-order chi connectivity index (χ1) is 12.2. The van der Waals surface area contributed by atoms with E-state index in [1.54, 1.807) is 19.3 Å². The second-order valence-electron chi connectivity index (χ2n) is 5.92. The summed E-state index contributed by atoms with van der Waals surface area (Å²) in [6, 6.07) is 13.3. The number of benzene rings is 1. The molecule has 0 saturated heterocycles. The lowest BCUT2D eigenvalue weighted by atomic mass is 9.75. The molecule has 0 bridgehead atoms. The molecule has 0 radical (unpaired) electrons. The first-order valence-electron chi connectivity index (χ1n) is 8.36. The second-order valence-corrected chi connectivity index (χ2v) is 5.92. The Balaban J connectivity index is 1.90. The van der Waals surface area contributed by atoms with E-state index >= 15 is 0 Å². The summed E-state index contributed by atoms with van der Waals surface area (Å²) >= 11 is 0. The summed E-state index contributed by atoms with van der Waals surface area (Å²) in [5, 5.41) is 0. The number of hydrogen-bond acceptors (Lipinski definition) is 4. The summed E-state index contributed by atoms with van der Waals surface area (Å²) in [6.45, 7) is 2.01. The van der Waals surface area contributed by atoms with Gasteiger partial charge in [0.1, 0.15) is 11.7 Å². The van der Waals surface area contributed by atoms with Crippen LogP contribution in [0.15, 0.2) is 70.9 Å². The maximum atomic E-state index is 12.6. The molecule has 4 heteroatoms. The average molecular weight is 336 g/mol. The van der Waals surface area contributed by atoms with Crippen molar-refractivity contribution in [3.8, 4) is 0 Å². The van der Waals surface area contributed by atoms with Crippen LogP contribution in [0.25, 0.3) is 6.08 Å². The highest BCUT2D eigenvalue weighted by molar-refractivity contribution is 6.07. The van der Waals surface area contributed by atoms with Crippen LogP contribution in [0.5, 0.6) is 0 Å². The minimum absolute atomic E-state index is 0.211. The first-order valence-corrected chi connectivity index (χ1v) is 8.36. The van der Waals surface area contributed by atoms with Crippen LogP contribution in [0.3, 0.4) is 0 Å². The van der Waals surface area contributed by atoms with Gasteiger partial charge < -0.3 is 9.15 Å². The number of ketones is 1. The van der Waals surface area contributed by atoms with Crippen molar-refractivity contribution in [2.75, 3.05) is 6.61 Å². The molecule has 2 atom stereocenters. The van der Waals surface area contributed by atoms with E-state index in [1.807, 2.05) is 54.6 Å². The normalized spacial score (nSPS) is 20.5. The van der Waals surface area contributed by atoms with Crippen LogP contribution in [0, 0.1) is 5.92 Å². The number of ether oxygens (including phenoxy) is 1. The lowest BCUT2D eigenvalue weighted by Gasteiger charge is -2.28. The van der Waals surface area contributed by atoms with E-state index in [-0.39, 0.29) is 18.3 Å². The van der Waals surface area contributed by atoms with Crippen molar-refractivity contribution < 1.29 is 18.7 Å². The third kappa shape index (κ3) is 3.97. The van der Waals surface area contributed by atoms with E-state index in [1.165, 1.54) is 0 Å².